The summed E-state index contributed by atoms with van der Waals surface area (Å²) in [5.41, 5.74) is 5.78. The molecule has 0 fully saturated rings. The maximum absolute atomic E-state index is 5.78. The molecule has 2 unspecified atom stereocenters. The predicted octanol–water partition coefficient (Wildman–Crippen LogP) is 2.54. The van der Waals surface area contributed by atoms with E-state index < -0.39 is 5.79 Å². The van der Waals surface area contributed by atoms with Gasteiger partial charge in [-0.15, -0.1) is 0 Å². The molecule has 0 rings (SSSR count). The van der Waals surface area contributed by atoms with Crippen molar-refractivity contribution in [1.82, 2.24) is 0 Å². The summed E-state index contributed by atoms with van der Waals surface area (Å²) in [5, 5.41) is 0. The molecule has 0 saturated carbocycles. The Labute approximate surface area is 94.3 Å². The second kappa shape index (κ2) is 7.20. The van der Waals surface area contributed by atoms with E-state index in [1.165, 1.54) is 0 Å². The second-order valence-corrected chi connectivity index (χ2v) is 4.70. The van der Waals surface area contributed by atoms with E-state index in [1.807, 2.05) is 13.8 Å². The van der Waals surface area contributed by atoms with Gasteiger partial charge in [-0.25, -0.2) is 0 Å². The third-order valence-corrected chi connectivity index (χ3v) is 2.58. The number of hydrogen-bond donors (Lipinski definition) is 1. The topological polar surface area (TPSA) is 44.5 Å². The van der Waals surface area contributed by atoms with Crippen molar-refractivity contribution in [2.24, 2.45) is 11.7 Å². The van der Waals surface area contributed by atoms with Crippen LogP contribution in [0.1, 0.15) is 47.5 Å². The summed E-state index contributed by atoms with van der Waals surface area (Å²) in [7, 11) is 0. The summed E-state index contributed by atoms with van der Waals surface area (Å²) < 4.78 is 11.3. The molecule has 0 aromatic heterocycles. The zero-order valence-corrected chi connectivity index (χ0v) is 10.9. The van der Waals surface area contributed by atoms with E-state index in [1.54, 1.807) is 0 Å². The average molecular weight is 217 g/mol. The molecule has 0 bridgehead atoms. The first-order valence-corrected chi connectivity index (χ1v) is 5.94. The number of nitrogens with two attached hydrogens (primary N) is 1. The Morgan fingerprint density at radius 1 is 1.07 bits per heavy atom. The summed E-state index contributed by atoms with van der Waals surface area (Å²) >= 11 is 0. The Hall–Kier alpha value is -0.120. The molecule has 92 valence electrons. The molecule has 0 spiro atoms. The molecular weight excluding hydrogens is 190 g/mol. The maximum Gasteiger partial charge on any atom is 0.162 e. The minimum atomic E-state index is -0.518. The van der Waals surface area contributed by atoms with Gasteiger partial charge in [0.15, 0.2) is 5.79 Å². The van der Waals surface area contributed by atoms with Crippen LogP contribution >= 0.6 is 0 Å². The summed E-state index contributed by atoms with van der Waals surface area (Å²) in [5.74, 6) is 0.0590. The highest BCUT2D eigenvalue weighted by molar-refractivity contribution is 4.61. The molecule has 0 amide bonds. The fraction of sp³-hybridized carbons (Fsp3) is 1.00. The van der Waals surface area contributed by atoms with Crippen LogP contribution in [0.3, 0.4) is 0 Å². The van der Waals surface area contributed by atoms with Crippen LogP contribution < -0.4 is 5.73 Å². The zero-order chi connectivity index (χ0) is 11.9. The molecule has 0 aliphatic rings. The first kappa shape index (κ1) is 14.9. The van der Waals surface area contributed by atoms with Crippen molar-refractivity contribution in [3.8, 4) is 0 Å². The SMILES string of the molecule is CCC(C)COC(C)(C)OCC(N)CC. The third kappa shape index (κ3) is 7.77. The molecule has 2 atom stereocenters. The molecule has 0 saturated heterocycles. The van der Waals surface area contributed by atoms with Gasteiger partial charge < -0.3 is 15.2 Å². The van der Waals surface area contributed by atoms with Crippen molar-refractivity contribution in [2.45, 2.75) is 59.3 Å². The lowest BCUT2D eigenvalue weighted by molar-refractivity contribution is -0.220. The van der Waals surface area contributed by atoms with Crippen LogP contribution in [0, 0.1) is 5.92 Å². The van der Waals surface area contributed by atoms with Crippen LogP contribution in [0.2, 0.25) is 0 Å². The lowest BCUT2D eigenvalue weighted by atomic mass is 10.1. The molecule has 15 heavy (non-hydrogen) atoms. The first-order chi connectivity index (χ1) is 6.91. The Bertz CT molecular complexity index is 144. The van der Waals surface area contributed by atoms with Gasteiger partial charge in [0.2, 0.25) is 0 Å². The first-order valence-electron chi connectivity index (χ1n) is 5.94. The van der Waals surface area contributed by atoms with Crippen molar-refractivity contribution >= 4 is 0 Å². The Morgan fingerprint density at radius 3 is 2.07 bits per heavy atom. The van der Waals surface area contributed by atoms with Gasteiger partial charge in [-0.3, -0.25) is 0 Å². The molecule has 0 aromatic carbocycles. The largest absolute Gasteiger partial charge is 0.350 e. The van der Waals surface area contributed by atoms with Gasteiger partial charge in [-0.05, 0) is 26.2 Å². The molecule has 0 aliphatic carbocycles. The average Bonchev–Trinajstić information content (AvgIpc) is 2.22. The normalized spacial score (nSPS) is 16.4. The summed E-state index contributed by atoms with van der Waals surface area (Å²) in [6.07, 6.45) is 2.06. The van der Waals surface area contributed by atoms with E-state index in [9.17, 15) is 0 Å². The van der Waals surface area contributed by atoms with Crippen molar-refractivity contribution in [1.29, 1.82) is 0 Å². The number of ether oxygens (including phenoxy) is 2. The third-order valence-electron chi connectivity index (χ3n) is 2.58. The second-order valence-electron chi connectivity index (χ2n) is 4.70. The van der Waals surface area contributed by atoms with E-state index in [0.717, 1.165) is 19.4 Å². The van der Waals surface area contributed by atoms with Gasteiger partial charge in [0, 0.05) is 6.04 Å². The van der Waals surface area contributed by atoms with E-state index in [0.29, 0.717) is 12.5 Å². The van der Waals surface area contributed by atoms with Gasteiger partial charge in [0.05, 0.1) is 13.2 Å². The standard InChI is InChI=1S/C12H27NO2/c1-6-10(3)8-14-12(4,5)15-9-11(13)7-2/h10-11H,6-9,13H2,1-5H3. The van der Waals surface area contributed by atoms with Crippen LogP contribution in [0.25, 0.3) is 0 Å². The molecule has 0 radical (unpaired) electrons. The molecule has 3 heteroatoms. The van der Waals surface area contributed by atoms with Crippen molar-refractivity contribution in [2.75, 3.05) is 13.2 Å². The maximum atomic E-state index is 5.78. The van der Waals surface area contributed by atoms with Crippen LogP contribution in [0.15, 0.2) is 0 Å². The molecule has 0 heterocycles. The van der Waals surface area contributed by atoms with E-state index in [4.69, 9.17) is 15.2 Å². The Morgan fingerprint density at radius 2 is 1.60 bits per heavy atom. The highest BCUT2D eigenvalue weighted by Crippen LogP contribution is 2.14. The summed E-state index contributed by atoms with van der Waals surface area (Å²) in [6, 6.07) is 0.108. The quantitative estimate of drug-likeness (QED) is 0.635. The molecule has 3 nitrogen and oxygen atoms in total. The fourth-order valence-electron chi connectivity index (χ4n) is 0.928. The van der Waals surface area contributed by atoms with E-state index >= 15 is 0 Å². The van der Waals surface area contributed by atoms with Crippen molar-refractivity contribution < 1.29 is 9.47 Å². The van der Waals surface area contributed by atoms with Gasteiger partial charge >= 0.3 is 0 Å². The van der Waals surface area contributed by atoms with E-state index in [2.05, 4.69) is 20.8 Å². The number of rotatable bonds is 8. The van der Waals surface area contributed by atoms with Gasteiger partial charge in [-0.2, -0.15) is 0 Å². The Kier molecular flexibility index (Phi) is 7.14. The van der Waals surface area contributed by atoms with E-state index in [-0.39, 0.29) is 6.04 Å². The predicted molar refractivity (Wildman–Crippen MR) is 63.7 cm³/mol. The van der Waals surface area contributed by atoms with Gasteiger partial charge in [0.1, 0.15) is 0 Å². The highest BCUT2D eigenvalue weighted by atomic mass is 16.7. The monoisotopic (exact) mass is 217 g/mol. The lowest BCUT2D eigenvalue weighted by Crippen LogP contribution is -2.36. The Balaban J connectivity index is 3.75. The van der Waals surface area contributed by atoms with Crippen molar-refractivity contribution in [3.63, 3.8) is 0 Å². The molecular formula is C12H27NO2. The van der Waals surface area contributed by atoms with Gasteiger partial charge in [-0.1, -0.05) is 27.2 Å². The van der Waals surface area contributed by atoms with Crippen LogP contribution in [0.4, 0.5) is 0 Å². The minimum Gasteiger partial charge on any atom is -0.350 e. The number of hydrogen-bond acceptors (Lipinski definition) is 3. The van der Waals surface area contributed by atoms with Crippen LogP contribution in [-0.2, 0) is 9.47 Å². The highest BCUT2D eigenvalue weighted by Gasteiger charge is 2.20. The zero-order valence-electron chi connectivity index (χ0n) is 10.9. The minimum absolute atomic E-state index is 0.108. The smallest absolute Gasteiger partial charge is 0.162 e. The fourth-order valence-corrected chi connectivity index (χ4v) is 0.928. The van der Waals surface area contributed by atoms with Crippen LogP contribution in [-0.4, -0.2) is 25.0 Å². The molecule has 0 aromatic rings. The van der Waals surface area contributed by atoms with Gasteiger partial charge in [0.25, 0.3) is 0 Å². The summed E-state index contributed by atoms with van der Waals surface area (Å²) in [6.45, 7) is 11.6. The molecule has 0 aliphatic heterocycles. The summed E-state index contributed by atoms with van der Waals surface area (Å²) in [4.78, 5) is 0. The molecule has 2 N–H and O–H groups in total. The van der Waals surface area contributed by atoms with Crippen LogP contribution in [0.5, 0.6) is 0 Å². The van der Waals surface area contributed by atoms with Crippen molar-refractivity contribution in [3.05, 3.63) is 0 Å². The lowest BCUT2D eigenvalue weighted by Gasteiger charge is -2.28.